The summed E-state index contributed by atoms with van der Waals surface area (Å²) in [4.78, 5) is 45.1. The number of piperidine rings is 1. The van der Waals surface area contributed by atoms with Crippen LogP contribution in [0.15, 0.2) is 54.2 Å². The molecular weight excluding hydrogens is 552 g/mol. The highest BCUT2D eigenvalue weighted by Crippen LogP contribution is 2.47. The molecule has 4 atom stereocenters. The standard InChI is InChI=1S/C32H42N4O7/c1-6-42-28(38)16-25-24-13-14-36(27-12-9-22(18-33-27)35-31(40)43-32(2,3)4)29(25)21(19-37)15-26(24)30(39)34-17-20-7-10-23(41-5)11-8-20/h7-12,16,18,21,24,26,29,37H,6,13-15,17,19H2,1-5H3,(H,34,39)(H,35,40)/b25-16+/t21-,24-,26-,29-/m0/s1. The van der Waals surface area contributed by atoms with E-state index in [0.717, 1.165) is 16.9 Å². The number of hydrogen-bond acceptors (Lipinski definition) is 9. The zero-order valence-electron chi connectivity index (χ0n) is 25.5. The minimum Gasteiger partial charge on any atom is -0.497 e. The third-order valence-electron chi connectivity index (χ3n) is 7.73. The number of rotatable bonds is 9. The molecule has 0 unspecified atom stereocenters. The van der Waals surface area contributed by atoms with Crippen LogP contribution in [-0.2, 0) is 25.6 Å². The summed E-state index contributed by atoms with van der Waals surface area (Å²) in [5.74, 6) is -0.153. The number of amides is 2. The molecule has 1 aromatic heterocycles. The van der Waals surface area contributed by atoms with Crippen LogP contribution in [0.25, 0.3) is 0 Å². The summed E-state index contributed by atoms with van der Waals surface area (Å²) in [7, 11) is 1.60. The van der Waals surface area contributed by atoms with E-state index in [-0.39, 0.29) is 37.0 Å². The van der Waals surface area contributed by atoms with E-state index in [1.54, 1.807) is 53.1 Å². The van der Waals surface area contributed by atoms with Crippen LogP contribution in [0.5, 0.6) is 5.75 Å². The van der Waals surface area contributed by atoms with Crippen LogP contribution in [0.2, 0.25) is 0 Å². The number of anilines is 2. The number of aliphatic hydroxyl groups is 1. The summed E-state index contributed by atoms with van der Waals surface area (Å²) in [5.41, 5.74) is 1.55. The number of carbonyl (C=O) groups is 3. The number of aliphatic hydroxyl groups excluding tert-OH is 1. The zero-order chi connectivity index (χ0) is 31.1. The summed E-state index contributed by atoms with van der Waals surface area (Å²) in [5, 5.41) is 16.3. The monoisotopic (exact) mass is 594 g/mol. The number of pyridine rings is 1. The van der Waals surface area contributed by atoms with Crippen LogP contribution in [0.4, 0.5) is 16.3 Å². The molecule has 2 amide bonds. The first-order chi connectivity index (χ1) is 20.5. The number of nitrogens with one attached hydrogen (secondary N) is 2. The van der Waals surface area contributed by atoms with E-state index in [2.05, 4.69) is 20.5 Å². The van der Waals surface area contributed by atoms with E-state index in [4.69, 9.17) is 14.2 Å². The van der Waals surface area contributed by atoms with Crippen molar-refractivity contribution in [3.8, 4) is 5.75 Å². The predicted molar refractivity (Wildman–Crippen MR) is 162 cm³/mol. The van der Waals surface area contributed by atoms with Crippen molar-refractivity contribution in [1.82, 2.24) is 10.3 Å². The Labute approximate surface area is 252 Å². The van der Waals surface area contributed by atoms with Crippen LogP contribution in [0.1, 0.15) is 46.1 Å². The third-order valence-corrected chi connectivity index (χ3v) is 7.73. The average molecular weight is 595 g/mol. The van der Waals surface area contributed by atoms with E-state index < -0.39 is 23.6 Å². The summed E-state index contributed by atoms with van der Waals surface area (Å²) >= 11 is 0. The average Bonchev–Trinajstić information content (AvgIpc) is 2.96. The molecule has 1 saturated heterocycles. The molecular formula is C32H42N4O7. The van der Waals surface area contributed by atoms with Gasteiger partial charge in [0.2, 0.25) is 5.91 Å². The van der Waals surface area contributed by atoms with E-state index in [0.29, 0.717) is 37.4 Å². The lowest BCUT2D eigenvalue weighted by Gasteiger charge is -2.52. The summed E-state index contributed by atoms with van der Waals surface area (Å²) in [6.07, 6.45) is 3.53. The minimum atomic E-state index is -0.631. The Morgan fingerprint density at radius 2 is 1.88 bits per heavy atom. The molecule has 2 heterocycles. The Bertz CT molecular complexity index is 1300. The molecule has 11 heteroatoms. The van der Waals surface area contributed by atoms with Gasteiger partial charge in [0.25, 0.3) is 0 Å². The highest BCUT2D eigenvalue weighted by atomic mass is 16.6. The molecule has 2 aliphatic rings. The topological polar surface area (TPSA) is 139 Å². The quantitative estimate of drug-likeness (QED) is 0.290. The van der Waals surface area contributed by atoms with Gasteiger partial charge in [0.15, 0.2) is 0 Å². The van der Waals surface area contributed by atoms with Gasteiger partial charge >= 0.3 is 12.1 Å². The highest BCUT2D eigenvalue weighted by Gasteiger charge is 2.49. The SMILES string of the molecule is CCOC(=O)/C=C1/[C@@H]2[C@H](CO)C[C@H](C(=O)NCc3ccc(OC)cc3)[C@H]1CCN2c1ccc(NC(=O)OC(C)(C)C)cn1. The molecule has 1 saturated carbocycles. The first kappa shape index (κ1) is 31.8. The molecule has 1 aliphatic heterocycles. The molecule has 0 radical (unpaired) electrons. The normalized spacial score (nSPS) is 22.5. The van der Waals surface area contributed by atoms with Crippen LogP contribution >= 0.6 is 0 Å². The molecule has 2 fully saturated rings. The van der Waals surface area contributed by atoms with Crippen molar-refractivity contribution in [2.24, 2.45) is 17.8 Å². The third kappa shape index (κ3) is 8.04. The van der Waals surface area contributed by atoms with Gasteiger partial charge in [-0.25, -0.2) is 14.6 Å². The zero-order valence-corrected chi connectivity index (χ0v) is 25.5. The number of esters is 1. The predicted octanol–water partition coefficient (Wildman–Crippen LogP) is 4.07. The molecule has 43 heavy (non-hydrogen) atoms. The van der Waals surface area contributed by atoms with Crippen molar-refractivity contribution >= 4 is 29.5 Å². The number of hydrogen-bond donors (Lipinski definition) is 3. The number of ether oxygens (including phenoxy) is 3. The minimum absolute atomic E-state index is 0.114. The lowest BCUT2D eigenvalue weighted by molar-refractivity contribution is -0.137. The fourth-order valence-electron chi connectivity index (χ4n) is 5.91. The Morgan fingerprint density at radius 1 is 1.14 bits per heavy atom. The van der Waals surface area contributed by atoms with E-state index in [1.165, 1.54) is 6.08 Å². The van der Waals surface area contributed by atoms with Gasteiger partial charge in [0.05, 0.1) is 31.6 Å². The van der Waals surface area contributed by atoms with Crippen molar-refractivity contribution < 1.29 is 33.7 Å². The Balaban J connectivity index is 1.55. The molecule has 4 rings (SSSR count). The maximum atomic E-state index is 13.5. The molecule has 1 aromatic carbocycles. The molecule has 11 nitrogen and oxygen atoms in total. The first-order valence-corrected chi connectivity index (χ1v) is 14.6. The van der Waals surface area contributed by atoms with E-state index in [9.17, 15) is 19.5 Å². The first-order valence-electron chi connectivity index (χ1n) is 14.6. The van der Waals surface area contributed by atoms with Gasteiger partial charge in [0, 0.05) is 37.6 Å². The van der Waals surface area contributed by atoms with Crippen molar-refractivity contribution in [3.05, 3.63) is 59.8 Å². The van der Waals surface area contributed by atoms with Gasteiger partial charge in [-0.3, -0.25) is 10.1 Å². The summed E-state index contributed by atoms with van der Waals surface area (Å²) < 4.78 is 15.8. The Kier molecular flexibility index (Phi) is 10.3. The maximum absolute atomic E-state index is 13.5. The maximum Gasteiger partial charge on any atom is 0.412 e. The molecule has 3 N–H and O–H groups in total. The van der Waals surface area contributed by atoms with E-state index >= 15 is 0 Å². The van der Waals surface area contributed by atoms with Gasteiger partial charge in [-0.2, -0.15) is 0 Å². The second-order valence-electron chi connectivity index (χ2n) is 11.8. The second-order valence-corrected chi connectivity index (χ2v) is 11.8. The number of carbonyl (C=O) groups excluding carboxylic acids is 3. The molecule has 1 aliphatic carbocycles. The van der Waals surface area contributed by atoms with Crippen molar-refractivity contribution in [2.75, 3.05) is 37.1 Å². The van der Waals surface area contributed by atoms with Crippen LogP contribution in [0, 0.1) is 17.8 Å². The van der Waals surface area contributed by atoms with Gasteiger partial charge in [-0.05, 0) is 81.9 Å². The number of nitrogens with zero attached hydrogens (tertiary/aromatic N) is 2. The van der Waals surface area contributed by atoms with Crippen molar-refractivity contribution in [1.29, 1.82) is 0 Å². The van der Waals surface area contributed by atoms with E-state index in [1.807, 2.05) is 24.3 Å². The number of aromatic nitrogens is 1. The second kappa shape index (κ2) is 13.9. The van der Waals surface area contributed by atoms with Crippen molar-refractivity contribution in [2.45, 2.75) is 58.7 Å². The number of benzene rings is 1. The highest BCUT2D eigenvalue weighted by molar-refractivity contribution is 5.86. The number of fused-ring (bicyclic) bond motifs is 2. The van der Waals surface area contributed by atoms with Gasteiger partial charge in [-0.15, -0.1) is 0 Å². The lowest BCUT2D eigenvalue weighted by Crippen LogP contribution is -2.57. The molecule has 0 spiro atoms. The fraction of sp³-hybridized carbons (Fsp3) is 0.500. The Morgan fingerprint density at radius 3 is 2.49 bits per heavy atom. The van der Waals surface area contributed by atoms with Gasteiger partial charge < -0.3 is 29.5 Å². The van der Waals surface area contributed by atoms with Crippen LogP contribution in [-0.4, -0.2) is 66.6 Å². The largest absolute Gasteiger partial charge is 0.497 e. The molecule has 232 valence electrons. The lowest BCUT2D eigenvalue weighted by atomic mass is 9.64. The fourth-order valence-corrected chi connectivity index (χ4v) is 5.91. The molecule has 2 bridgehead atoms. The summed E-state index contributed by atoms with van der Waals surface area (Å²) in [6.45, 7) is 8.09. The van der Waals surface area contributed by atoms with Gasteiger partial charge in [0.1, 0.15) is 17.2 Å². The van der Waals surface area contributed by atoms with Crippen LogP contribution < -0.4 is 20.3 Å². The number of methoxy groups -OCH3 is 1. The van der Waals surface area contributed by atoms with Crippen molar-refractivity contribution in [3.63, 3.8) is 0 Å². The summed E-state index contributed by atoms with van der Waals surface area (Å²) in [6, 6.07) is 10.7. The van der Waals surface area contributed by atoms with Crippen LogP contribution in [0.3, 0.4) is 0 Å². The molecule has 2 aromatic rings. The van der Waals surface area contributed by atoms with Gasteiger partial charge in [-0.1, -0.05) is 12.1 Å². The smallest absolute Gasteiger partial charge is 0.412 e. The Hall–Kier alpha value is -4.12.